The van der Waals surface area contributed by atoms with Crippen LogP contribution in [0.5, 0.6) is 5.75 Å². The average molecular weight is 431 g/mol. The summed E-state index contributed by atoms with van der Waals surface area (Å²) in [6.45, 7) is 3.06. The Morgan fingerprint density at radius 1 is 1.03 bits per heavy atom. The van der Waals surface area contributed by atoms with Crippen molar-refractivity contribution in [2.75, 3.05) is 39.8 Å². The number of amides is 1. The quantitative estimate of drug-likeness (QED) is 0.740. The van der Waals surface area contributed by atoms with Crippen LogP contribution in [0.25, 0.3) is 0 Å². The van der Waals surface area contributed by atoms with Gasteiger partial charge in [0.15, 0.2) is 6.54 Å². The zero-order valence-electron chi connectivity index (χ0n) is 17.2. The molecule has 2 saturated heterocycles. The van der Waals surface area contributed by atoms with Gasteiger partial charge in [-0.05, 0) is 29.8 Å². The predicted octanol–water partition coefficient (Wildman–Crippen LogP) is 0.906. The Labute approximate surface area is 177 Å². The molecule has 2 heterocycles. The van der Waals surface area contributed by atoms with Gasteiger partial charge in [-0.1, -0.05) is 30.3 Å². The summed E-state index contributed by atoms with van der Waals surface area (Å²) in [4.78, 5) is 16.4. The number of ether oxygens (including phenoxy) is 1. The molecule has 160 valence electrons. The second-order valence-electron chi connectivity index (χ2n) is 7.80. The third-order valence-corrected chi connectivity index (χ3v) is 7.79. The molecule has 1 atom stereocenters. The number of hydrogen-bond donors (Lipinski definition) is 1. The van der Waals surface area contributed by atoms with E-state index < -0.39 is 16.2 Å². The number of carbonyl (C=O) groups excluding carboxylic acids is 1. The van der Waals surface area contributed by atoms with Crippen molar-refractivity contribution < 1.29 is 22.8 Å². The van der Waals surface area contributed by atoms with Crippen LogP contribution in [0.15, 0.2) is 59.5 Å². The van der Waals surface area contributed by atoms with Gasteiger partial charge in [0.1, 0.15) is 11.9 Å². The first-order valence-corrected chi connectivity index (χ1v) is 11.8. The summed E-state index contributed by atoms with van der Waals surface area (Å²) in [5.41, 5.74) is 0.762. The molecule has 4 rings (SSSR count). The summed E-state index contributed by atoms with van der Waals surface area (Å²) >= 11 is 0. The molecule has 0 bridgehead atoms. The molecule has 0 radical (unpaired) electrons. The molecule has 2 aromatic rings. The van der Waals surface area contributed by atoms with Crippen molar-refractivity contribution in [1.29, 1.82) is 0 Å². The molecule has 30 heavy (non-hydrogen) atoms. The maximum Gasteiger partial charge on any atom is 0.279 e. The van der Waals surface area contributed by atoms with Gasteiger partial charge in [-0.15, -0.1) is 0 Å². The third-order valence-electron chi connectivity index (χ3n) is 5.93. The number of nitrogens with zero attached hydrogens (tertiary/aromatic N) is 2. The number of likely N-dealkylation sites (tertiary alicyclic amines) is 1. The molecule has 1 N–H and O–H groups in total. The van der Waals surface area contributed by atoms with Crippen LogP contribution >= 0.6 is 0 Å². The van der Waals surface area contributed by atoms with Gasteiger partial charge in [-0.25, -0.2) is 8.42 Å². The highest BCUT2D eigenvalue weighted by molar-refractivity contribution is 7.89. The van der Waals surface area contributed by atoms with Crippen molar-refractivity contribution in [3.63, 3.8) is 0 Å². The minimum absolute atomic E-state index is 0.00141. The van der Waals surface area contributed by atoms with Gasteiger partial charge in [0, 0.05) is 25.9 Å². The van der Waals surface area contributed by atoms with Crippen LogP contribution in [0.2, 0.25) is 0 Å². The molecule has 1 unspecified atom stereocenters. The molecule has 0 spiro atoms. The Kier molecular flexibility index (Phi) is 6.08. The van der Waals surface area contributed by atoms with E-state index in [9.17, 15) is 13.2 Å². The van der Waals surface area contributed by atoms with Gasteiger partial charge in [-0.3, -0.25) is 4.79 Å². The van der Waals surface area contributed by atoms with Gasteiger partial charge < -0.3 is 14.5 Å². The second kappa shape index (κ2) is 8.75. The molecule has 7 nitrogen and oxygen atoms in total. The first-order chi connectivity index (χ1) is 14.5. The van der Waals surface area contributed by atoms with Crippen molar-refractivity contribution >= 4 is 15.9 Å². The van der Waals surface area contributed by atoms with Gasteiger partial charge in [0.05, 0.1) is 25.1 Å². The number of hydrogen-bond acceptors (Lipinski definition) is 4. The molecule has 0 aliphatic carbocycles. The Morgan fingerprint density at radius 3 is 2.33 bits per heavy atom. The van der Waals surface area contributed by atoms with Crippen molar-refractivity contribution in [2.45, 2.75) is 23.9 Å². The van der Waals surface area contributed by atoms with Crippen LogP contribution in [0.4, 0.5) is 0 Å². The van der Waals surface area contributed by atoms with E-state index in [0.29, 0.717) is 18.8 Å². The molecule has 2 aliphatic heterocycles. The fourth-order valence-corrected chi connectivity index (χ4v) is 5.93. The largest absolute Gasteiger partial charge is 0.497 e. The van der Waals surface area contributed by atoms with Gasteiger partial charge in [-0.2, -0.15) is 4.31 Å². The maximum atomic E-state index is 13.4. The van der Waals surface area contributed by atoms with Crippen molar-refractivity contribution in [3.8, 4) is 5.75 Å². The minimum atomic E-state index is -3.74. The standard InChI is InChI=1S/C22H27N3O4S/c1-29-19-11-9-18(10-12-19)22-24(21(26)17-23-13-5-6-14-23)15-16-25(22)30(27,28)20-7-3-2-4-8-20/h2-4,7-12,22H,5-6,13-17H2,1H3/p+1. The lowest BCUT2D eigenvalue weighted by atomic mass is 10.1. The molecule has 8 heteroatoms. The fourth-order valence-electron chi connectivity index (χ4n) is 4.34. The lowest BCUT2D eigenvalue weighted by Crippen LogP contribution is -3.11. The monoisotopic (exact) mass is 430 g/mol. The van der Waals surface area contributed by atoms with E-state index in [0.717, 1.165) is 31.5 Å². The van der Waals surface area contributed by atoms with Crippen molar-refractivity contribution in [2.24, 2.45) is 0 Å². The molecular weight excluding hydrogens is 402 g/mol. The van der Waals surface area contributed by atoms with E-state index >= 15 is 0 Å². The molecular formula is C22H28N3O4S+. The zero-order valence-corrected chi connectivity index (χ0v) is 18.0. The molecule has 0 saturated carbocycles. The normalized spacial score (nSPS) is 20.6. The number of nitrogens with one attached hydrogen (secondary N) is 1. The second-order valence-corrected chi connectivity index (χ2v) is 9.69. The molecule has 2 fully saturated rings. The first-order valence-electron chi connectivity index (χ1n) is 10.3. The zero-order chi connectivity index (χ0) is 21.1. The summed E-state index contributed by atoms with van der Waals surface area (Å²) < 4.78 is 33.5. The van der Waals surface area contributed by atoms with Gasteiger partial charge in [0.25, 0.3) is 5.91 Å². The summed E-state index contributed by atoms with van der Waals surface area (Å²) in [5.74, 6) is 0.687. The first kappa shape index (κ1) is 20.8. The summed E-state index contributed by atoms with van der Waals surface area (Å²) in [6, 6.07) is 15.7. The fraction of sp³-hybridized carbons (Fsp3) is 0.409. The van der Waals surface area contributed by atoms with Gasteiger partial charge >= 0.3 is 0 Å². The highest BCUT2D eigenvalue weighted by atomic mass is 32.2. The summed E-state index contributed by atoms with van der Waals surface area (Å²) in [5, 5.41) is 0. The summed E-state index contributed by atoms with van der Waals surface area (Å²) in [6.07, 6.45) is 1.62. The van der Waals surface area contributed by atoms with Gasteiger partial charge in [0.2, 0.25) is 10.0 Å². The van der Waals surface area contributed by atoms with E-state index in [2.05, 4.69) is 0 Å². The van der Waals surface area contributed by atoms with Crippen molar-refractivity contribution in [1.82, 2.24) is 9.21 Å². The third kappa shape index (κ3) is 4.08. The smallest absolute Gasteiger partial charge is 0.279 e. The van der Waals surface area contributed by atoms with E-state index in [4.69, 9.17) is 4.74 Å². The highest BCUT2D eigenvalue weighted by Crippen LogP contribution is 2.35. The minimum Gasteiger partial charge on any atom is -0.497 e. The van der Waals surface area contributed by atoms with E-state index in [-0.39, 0.29) is 17.3 Å². The van der Waals surface area contributed by atoms with Crippen LogP contribution in [0.3, 0.4) is 0 Å². The van der Waals surface area contributed by atoms with Crippen LogP contribution in [-0.2, 0) is 14.8 Å². The number of quaternary nitrogens is 1. The van der Waals surface area contributed by atoms with Crippen LogP contribution in [0, 0.1) is 0 Å². The lowest BCUT2D eigenvalue weighted by molar-refractivity contribution is -0.879. The Bertz CT molecular complexity index is 973. The number of carbonyl (C=O) groups is 1. The predicted molar refractivity (Wildman–Crippen MR) is 113 cm³/mol. The molecule has 2 aromatic carbocycles. The Morgan fingerprint density at radius 2 is 1.70 bits per heavy atom. The number of sulfonamides is 1. The average Bonchev–Trinajstić information content (AvgIpc) is 3.44. The Hall–Kier alpha value is -2.42. The molecule has 2 aliphatic rings. The van der Waals surface area contributed by atoms with Crippen LogP contribution < -0.4 is 9.64 Å². The number of rotatable bonds is 6. The SMILES string of the molecule is COc1ccc(C2N(C(=O)C[NH+]3CCCC3)CCN2S(=O)(=O)c2ccccc2)cc1. The topological polar surface area (TPSA) is 71.4 Å². The van der Waals surface area contributed by atoms with Crippen molar-refractivity contribution in [3.05, 3.63) is 60.2 Å². The maximum absolute atomic E-state index is 13.4. The van der Waals surface area contributed by atoms with Crippen LogP contribution in [0.1, 0.15) is 24.6 Å². The summed E-state index contributed by atoms with van der Waals surface area (Å²) in [7, 11) is -2.16. The lowest BCUT2D eigenvalue weighted by Gasteiger charge is -2.30. The van der Waals surface area contributed by atoms with E-state index in [1.165, 1.54) is 9.21 Å². The molecule has 0 aromatic heterocycles. The van der Waals surface area contributed by atoms with Crippen LogP contribution in [-0.4, -0.2) is 63.4 Å². The number of benzene rings is 2. The Balaban J connectivity index is 1.67. The van der Waals surface area contributed by atoms with E-state index in [1.807, 2.05) is 12.1 Å². The number of methoxy groups -OCH3 is 1. The highest BCUT2D eigenvalue weighted by Gasteiger charge is 2.44. The van der Waals surface area contributed by atoms with E-state index in [1.54, 1.807) is 54.5 Å². The molecule has 1 amide bonds.